The van der Waals surface area contributed by atoms with Crippen LogP contribution in [-0.4, -0.2) is 76.0 Å². The highest BCUT2D eigenvalue weighted by Crippen LogP contribution is 2.41. The van der Waals surface area contributed by atoms with Gasteiger partial charge in [0.1, 0.15) is 0 Å². The third-order valence-corrected chi connectivity index (χ3v) is 34.6. The number of esters is 2. The molecule has 0 aromatic heterocycles. The SMILES string of the molecule is C=C(C)C(=O)OCCCC[Si]1(C)O[Si](C)(CCCOC(=O)C(=C)C)O[Si]2(C)CC[Si](C)(C)O[Si](C)(C)CC[Si](C)(O1)O2. The van der Waals surface area contributed by atoms with Gasteiger partial charge < -0.3 is 30.0 Å². The Hall–Kier alpha value is -0.479. The van der Waals surface area contributed by atoms with E-state index in [1.807, 2.05) is 0 Å². The second-order valence-corrected chi connectivity index (χ2v) is 37.1. The van der Waals surface area contributed by atoms with E-state index in [1.165, 1.54) is 0 Å². The van der Waals surface area contributed by atoms with E-state index in [1.54, 1.807) is 13.8 Å². The fraction of sp³-hybridized carbons (Fsp3) is 0.778. The molecule has 242 valence electrons. The number of fused-ring (bicyclic) bond motifs is 2. The van der Waals surface area contributed by atoms with Crippen molar-refractivity contribution in [1.82, 2.24) is 0 Å². The quantitative estimate of drug-likeness (QED) is 0.0963. The average Bonchev–Trinajstić information content (AvgIpc) is 2.81. The van der Waals surface area contributed by atoms with Crippen LogP contribution in [0, 0.1) is 0 Å². The highest BCUT2D eigenvalue weighted by atomic mass is 28.5. The molecule has 0 aromatic carbocycles. The minimum absolute atomic E-state index is 0.285. The van der Waals surface area contributed by atoms with E-state index < -0.39 is 50.9 Å². The van der Waals surface area contributed by atoms with Crippen LogP contribution in [0.3, 0.4) is 0 Å². The maximum Gasteiger partial charge on any atom is 0.333 e. The van der Waals surface area contributed by atoms with Crippen molar-refractivity contribution < 1.29 is 39.6 Å². The van der Waals surface area contributed by atoms with Crippen LogP contribution in [0.1, 0.15) is 33.1 Å². The summed E-state index contributed by atoms with van der Waals surface area (Å²) in [6, 6.07) is 5.09. The zero-order chi connectivity index (χ0) is 32.0. The van der Waals surface area contributed by atoms with Gasteiger partial charge in [-0.25, -0.2) is 9.59 Å². The molecule has 2 aliphatic rings. The van der Waals surface area contributed by atoms with Gasteiger partial charge in [0, 0.05) is 11.1 Å². The third-order valence-electron chi connectivity index (χ3n) is 7.61. The maximum atomic E-state index is 12.0. The molecule has 2 saturated heterocycles. The Morgan fingerprint density at radius 1 is 0.571 bits per heavy atom. The van der Waals surface area contributed by atoms with E-state index in [2.05, 4.69) is 65.5 Å². The van der Waals surface area contributed by atoms with E-state index in [-0.39, 0.29) is 18.5 Å². The molecule has 0 aromatic rings. The minimum Gasteiger partial charge on any atom is -0.462 e. The summed E-state index contributed by atoms with van der Waals surface area (Å²) in [4.78, 5) is 23.8. The Balaban J connectivity index is 2.32. The van der Waals surface area contributed by atoms with Crippen molar-refractivity contribution in [3.63, 3.8) is 0 Å². The second kappa shape index (κ2) is 14.7. The molecule has 2 aliphatic heterocycles. The summed E-state index contributed by atoms with van der Waals surface area (Å²) in [5, 5.41) is 0. The van der Waals surface area contributed by atoms with Crippen molar-refractivity contribution in [3.05, 3.63) is 24.3 Å². The summed E-state index contributed by atoms with van der Waals surface area (Å²) < 4.78 is 46.4. The molecule has 0 aliphatic carbocycles. The molecule has 2 rings (SSSR count). The fourth-order valence-corrected chi connectivity index (χ4v) is 42.7. The lowest BCUT2D eigenvalue weighted by Crippen LogP contribution is -2.68. The number of unbranched alkanes of at least 4 members (excludes halogenated alkanes) is 1. The van der Waals surface area contributed by atoms with E-state index in [0.29, 0.717) is 36.6 Å². The number of carbonyl (C=O) groups is 2. The van der Waals surface area contributed by atoms with Gasteiger partial charge in [-0.1, -0.05) is 13.2 Å². The lowest BCUT2D eigenvalue weighted by Gasteiger charge is -2.52. The number of rotatable bonds is 11. The van der Waals surface area contributed by atoms with Gasteiger partial charge in [0.25, 0.3) is 0 Å². The van der Waals surface area contributed by atoms with Crippen LogP contribution in [0.5, 0.6) is 0 Å². The van der Waals surface area contributed by atoms with E-state index in [4.69, 9.17) is 30.0 Å². The summed E-state index contributed by atoms with van der Waals surface area (Å²) in [5.41, 5.74) is 0.787. The molecule has 42 heavy (non-hydrogen) atoms. The van der Waals surface area contributed by atoms with Crippen LogP contribution >= 0.6 is 0 Å². The standard InChI is InChI=1S/C27H56O9Si6/c1-24(2)26(28)30-16-13-14-18-39(9)33-40(10,19-15-17-31-27(29)25(3)4)35-42(12)23-21-38(7,8)32-37(5,6)20-22-41(11,34-39)36-42/h1,3,13-23H2,2,4-12H3. The Morgan fingerprint density at radius 3 is 1.40 bits per heavy atom. The highest BCUT2D eigenvalue weighted by Gasteiger charge is 2.57. The van der Waals surface area contributed by atoms with E-state index >= 15 is 0 Å². The van der Waals surface area contributed by atoms with Gasteiger partial charge in [-0.05, 0) is 122 Å². The van der Waals surface area contributed by atoms with E-state index in [9.17, 15) is 9.59 Å². The van der Waals surface area contributed by atoms with Crippen molar-refractivity contribution in [1.29, 1.82) is 0 Å². The number of hydrogen-bond acceptors (Lipinski definition) is 9. The van der Waals surface area contributed by atoms with Crippen LogP contribution in [-0.2, 0) is 39.6 Å². The van der Waals surface area contributed by atoms with Gasteiger partial charge >= 0.3 is 46.2 Å². The Bertz CT molecular complexity index is 1010. The van der Waals surface area contributed by atoms with Gasteiger partial charge in [0.05, 0.1) is 13.2 Å². The number of ether oxygens (including phenoxy) is 2. The molecular formula is C27H56O9Si6. The number of carbonyl (C=O) groups excluding carboxylic acids is 2. The predicted octanol–water partition coefficient (Wildman–Crippen LogP) is 7.20. The maximum absolute atomic E-state index is 12.0. The van der Waals surface area contributed by atoms with Crippen LogP contribution in [0.4, 0.5) is 0 Å². The molecule has 4 unspecified atom stereocenters. The lowest BCUT2D eigenvalue weighted by atomic mass is 10.3. The third kappa shape index (κ3) is 12.5. The van der Waals surface area contributed by atoms with Crippen molar-refractivity contribution in [2.75, 3.05) is 13.2 Å². The first-order valence-electron chi connectivity index (χ1n) is 15.3. The smallest absolute Gasteiger partial charge is 0.333 e. The Morgan fingerprint density at radius 2 is 0.976 bits per heavy atom. The summed E-state index contributed by atoms with van der Waals surface area (Å²) in [5.74, 6) is -0.745. The molecular weight excluding hydrogens is 637 g/mol. The van der Waals surface area contributed by atoms with Gasteiger partial charge in [0.2, 0.25) is 0 Å². The van der Waals surface area contributed by atoms with Crippen LogP contribution in [0.2, 0.25) is 88.6 Å². The zero-order valence-electron chi connectivity index (χ0n) is 27.9. The van der Waals surface area contributed by atoms with Gasteiger partial charge in [-0.3, -0.25) is 0 Å². The largest absolute Gasteiger partial charge is 0.462 e. The number of hydrogen-bond donors (Lipinski definition) is 0. The lowest BCUT2D eigenvalue weighted by molar-refractivity contribution is -0.139. The van der Waals surface area contributed by atoms with Crippen molar-refractivity contribution >= 4 is 62.8 Å². The van der Waals surface area contributed by atoms with Crippen molar-refractivity contribution in [3.8, 4) is 0 Å². The zero-order valence-corrected chi connectivity index (χ0v) is 33.9. The normalized spacial score (nSPS) is 33.0. The molecule has 15 heteroatoms. The molecule has 2 bridgehead atoms. The first-order valence-corrected chi connectivity index (χ1v) is 31.6. The monoisotopic (exact) mass is 692 g/mol. The van der Waals surface area contributed by atoms with Crippen LogP contribution < -0.4 is 0 Å². The second-order valence-electron chi connectivity index (χ2n) is 14.0. The van der Waals surface area contributed by atoms with E-state index in [0.717, 1.165) is 36.6 Å². The average molecular weight is 693 g/mol. The van der Waals surface area contributed by atoms with Crippen LogP contribution in [0.15, 0.2) is 24.3 Å². The van der Waals surface area contributed by atoms with Crippen molar-refractivity contribution in [2.24, 2.45) is 0 Å². The highest BCUT2D eigenvalue weighted by molar-refractivity contribution is 6.95. The Kier molecular flexibility index (Phi) is 13.2. The van der Waals surface area contributed by atoms with Gasteiger partial charge in [0.15, 0.2) is 16.6 Å². The molecule has 0 radical (unpaired) electrons. The van der Waals surface area contributed by atoms with Gasteiger partial charge in [-0.15, -0.1) is 0 Å². The first-order chi connectivity index (χ1) is 19.1. The Labute approximate surface area is 260 Å². The van der Waals surface area contributed by atoms with Gasteiger partial charge in [-0.2, -0.15) is 0 Å². The topological polar surface area (TPSA) is 98.8 Å². The molecule has 0 N–H and O–H groups in total. The molecule has 2 fully saturated rings. The molecule has 0 amide bonds. The van der Waals surface area contributed by atoms with Crippen molar-refractivity contribution in [2.45, 2.75) is 122 Å². The summed E-state index contributed by atoms with van der Waals surface area (Å²) >= 11 is 0. The minimum atomic E-state index is -2.81. The molecule has 9 nitrogen and oxygen atoms in total. The first kappa shape index (κ1) is 37.7. The summed E-state index contributed by atoms with van der Waals surface area (Å²) in [6.45, 7) is 29.2. The summed E-state index contributed by atoms with van der Waals surface area (Å²) in [6.07, 6.45) is 2.14. The fourth-order valence-electron chi connectivity index (χ4n) is 5.74. The molecule has 2 heterocycles. The predicted molar refractivity (Wildman–Crippen MR) is 181 cm³/mol. The molecule has 0 saturated carbocycles. The molecule has 0 spiro atoms. The molecule has 4 atom stereocenters. The summed E-state index contributed by atoms with van der Waals surface area (Å²) in [7, 11) is -14.8. The van der Waals surface area contributed by atoms with Crippen LogP contribution in [0.25, 0.3) is 0 Å².